The minimum absolute atomic E-state index is 0.200. The molecule has 5 nitrogen and oxygen atoms in total. The Morgan fingerprint density at radius 2 is 1.90 bits per heavy atom. The quantitative estimate of drug-likeness (QED) is 0.682. The number of nitrogens with zero attached hydrogens (tertiary/aromatic N) is 3. The van der Waals surface area contributed by atoms with E-state index in [0.29, 0.717) is 22.4 Å². The maximum absolute atomic E-state index is 13.5. The number of benzene rings is 1. The number of H-pyrrole nitrogens is 1. The van der Waals surface area contributed by atoms with Crippen molar-refractivity contribution < 1.29 is 4.39 Å². The number of anilines is 1. The van der Waals surface area contributed by atoms with Gasteiger partial charge in [0.05, 0.1) is 5.02 Å². The molecule has 1 saturated carbocycles. The van der Waals surface area contributed by atoms with Gasteiger partial charge in [0.15, 0.2) is 0 Å². The van der Waals surface area contributed by atoms with Crippen LogP contribution in [0.1, 0.15) is 30.9 Å². The van der Waals surface area contributed by atoms with Crippen LogP contribution in [-0.4, -0.2) is 47.1 Å². The average molecular weight is 427 g/mol. The van der Waals surface area contributed by atoms with E-state index in [1.54, 1.807) is 12.3 Å². The number of aromatic amines is 1. The molecule has 156 valence electrons. The third-order valence-corrected chi connectivity index (χ3v) is 6.76. The molecule has 30 heavy (non-hydrogen) atoms. The van der Waals surface area contributed by atoms with Gasteiger partial charge in [-0.05, 0) is 55.0 Å². The lowest BCUT2D eigenvalue weighted by molar-refractivity contribution is 0.186. The molecule has 1 aromatic carbocycles. The van der Waals surface area contributed by atoms with Crippen molar-refractivity contribution in [2.75, 3.05) is 31.1 Å². The Balaban J connectivity index is 1.24. The lowest BCUT2D eigenvalue weighted by Gasteiger charge is -2.38. The van der Waals surface area contributed by atoms with Crippen LogP contribution in [0.15, 0.2) is 47.4 Å². The highest BCUT2D eigenvalue weighted by molar-refractivity contribution is 6.30. The normalized spacial score (nSPS) is 22.7. The van der Waals surface area contributed by atoms with E-state index in [1.165, 1.54) is 12.1 Å². The number of hydrogen-bond acceptors (Lipinski definition) is 4. The molecule has 3 heterocycles. The number of hydrogen-bond donors (Lipinski definition) is 1. The maximum Gasteiger partial charge on any atom is 0.256 e. The molecule has 0 bridgehead atoms. The summed E-state index contributed by atoms with van der Waals surface area (Å²) in [7, 11) is 0. The fraction of sp³-hybridized carbons (Fsp3) is 0.391. The van der Waals surface area contributed by atoms with Crippen LogP contribution < -0.4 is 10.5 Å². The van der Waals surface area contributed by atoms with Crippen LogP contribution in [0.5, 0.6) is 0 Å². The predicted molar refractivity (Wildman–Crippen MR) is 118 cm³/mol. The van der Waals surface area contributed by atoms with E-state index < -0.39 is 0 Å². The van der Waals surface area contributed by atoms with Gasteiger partial charge in [0.2, 0.25) is 0 Å². The van der Waals surface area contributed by atoms with Crippen LogP contribution in [-0.2, 0) is 0 Å². The van der Waals surface area contributed by atoms with Gasteiger partial charge in [0, 0.05) is 55.4 Å². The zero-order chi connectivity index (χ0) is 20.7. The van der Waals surface area contributed by atoms with Crippen molar-refractivity contribution in [2.24, 2.45) is 0 Å². The molecule has 0 amide bonds. The lowest BCUT2D eigenvalue weighted by Crippen LogP contribution is -2.50. The molecule has 2 atom stereocenters. The number of aromatic nitrogens is 2. The van der Waals surface area contributed by atoms with E-state index in [2.05, 4.69) is 19.8 Å². The monoisotopic (exact) mass is 426 g/mol. The summed E-state index contributed by atoms with van der Waals surface area (Å²) in [6.45, 7) is 3.92. The third kappa shape index (κ3) is 3.82. The van der Waals surface area contributed by atoms with E-state index in [1.807, 2.05) is 18.2 Å². The van der Waals surface area contributed by atoms with Gasteiger partial charge in [-0.3, -0.25) is 9.69 Å². The van der Waals surface area contributed by atoms with Crippen molar-refractivity contribution >= 4 is 28.2 Å². The molecule has 1 N–H and O–H groups in total. The van der Waals surface area contributed by atoms with Crippen molar-refractivity contribution in [2.45, 2.75) is 31.2 Å². The Kier molecular flexibility index (Phi) is 5.21. The molecule has 5 rings (SSSR count). The minimum atomic E-state index is -0.380. The van der Waals surface area contributed by atoms with Crippen molar-refractivity contribution in [3.63, 3.8) is 0 Å². The molecule has 2 aliphatic rings. The van der Waals surface area contributed by atoms with E-state index in [-0.39, 0.29) is 11.4 Å². The highest BCUT2D eigenvalue weighted by atomic mass is 35.5. The molecule has 3 aromatic rings. The Hall–Kier alpha value is -2.44. The highest BCUT2D eigenvalue weighted by Gasteiger charge is 2.32. The van der Waals surface area contributed by atoms with Crippen LogP contribution in [0.4, 0.5) is 10.2 Å². The first kappa shape index (κ1) is 19.5. The summed E-state index contributed by atoms with van der Waals surface area (Å²) in [6, 6.07) is 10.8. The van der Waals surface area contributed by atoms with Gasteiger partial charge < -0.3 is 9.88 Å². The molecule has 1 aliphatic carbocycles. The number of piperazine rings is 1. The van der Waals surface area contributed by atoms with Gasteiger partial charge in [-0.2, -0.15) is 0 Å². The summed E-state index contributed by atoms with van der Waals surface area (Å²) in [5, 5.41) is 1.88. The summed E-state index contributed by atoms with van der Waals surface area (Å²) in [6.07, 6.45) is 4.94. The zero-order valence-electron chi connectivity index (χ0n) is 16.7. The topological polar surface area (TPSA) is 52.2 Å². The Bertz CT molecular complexity index is 1110. The van der Waals surface area contributed by atoms with Gasteiger partial charge in [0.25, 0.3) is 5.56 Å². The van der Waals surface area contributed by atoms with Crippen molar-refractivity contribution in [1.29, 1.82) is 0 Å². The molecular weight excluding hydrogens is 403 g/mol. The summed E-state index contributed by atoms with van der Waals surface area (Å²) >= 11 is 5.94. The second kappa shape index (κ2) is 8.00. The minimum Gasteiger partial charge on any atom is -0.354 e. The number of halogens is 2. The van der Waals surface area contributed by atoms with Gasteiger partial charge in [-0.25, -0.2) is 9.37 Å². The first-order valence-electron chi connectivity index (χ1n) is 10.5. The first-order chi connectivity index (χ1) is 14.6. The van der Waals surface area contributed by atoms with Crippen LogP contribution >= 0.6 is 11.6 Å². The summed E-state index contributed by atoms with van der Waals surface area (Å²) in [4.78, 5) is 24.7. The number of fused-ring (bicyclic) bond motifs is 1. The number of rotatable bonds is 3. The van der Waals surface area contributed by atoms with Crippen molar-refractivity contribution in [3.8, 4) is 0 Å². The maximum atomic E-state index is 13.5. The largest absolute Gasteiger partial charge is 0.354 e. The molecule has 0 radical (unpaired) electrons. The van der Waals surface area contributed by atoms with Crippen LogP contribution in [0.25, 0.3) is 10.8 Å². The molecular formula is C23H24ClFN4O. The summed E-state index contributed by atoms with van der Waals surface area (Å²) in [5.74, 6) is 0.941. The molecule has 2 fully saturated rings. The molecule has 1 aliphatic heterocycles. The molecule has 2 unspecified atom stereocenters. The predicted octanol–water partition coefficient (Wildman–Crippen LogP) is 4.17. The number of nitrogens with one attached hydrogen (secondary N) is 1. The van der Waals surface area contributed by atoms with E-state index in [4.69, 9.17) is 11.6 Å². The van der Waals surface area contributed by atoms with E-state index in [9.17, 15) is 9.18 Å². The first-order valence-corrected chi connectivity index (χ1v) is 10.9. The molecule has 7 heteroatoms. The zero-order valence-corrected chi connectivity index (χ0v) is 17.4. The van der Waals surface area contributed by atoms with Crippen molar-refractivity contribution in [1.82, 2.24) is 14.9 Å². The van der Waals surface area contributed by atoms with Crippen LogP contribution in [0.3, 0.4) is 0 Å². The summed E-state index contributed by atoms with van der Waals surface area (Å²) in [5.41, 5.74) is 0.778. The van der Waals surface area contributed by atoms with Crippen LogP contribution in [0.2, 0.25) is 5.02 Å². The Morgan fingerprint density at radius 1 is 1.07 bits per heavy atom. The average Bonchev–Trinajstić information content (AvgIpc) is 3.25. The lowest BCUT2D eigenvalue weighted by atomic mass is 10.0. The van der Waals surface area contributed by atoms with E-state index in [0.717, 1.165) is 62.3 Å². The van der Waals surface area contributed by atoms with Crippen LogP contribution in [0, 0.1) is 5.82 Å². The Labute approximate surface area is 179 Å². The standard InChI is InChI=1S/C23H24ClFN4O/c24-17-3-6-22(26-14-17)29-9-7-28(8-10-29)19-5-2-16(11-19)21-12-15-1-4-18(25)13-20(15)23(30)27-21/h1,3-4,6,12-14,16,19H,2,5,7-11H2,(H,27,30). The van der Waals surface area contributed by atoms with Crippen molar-refractivity contribution in [3.05, 3.63) is 69.5 Å². The van der Waals surface area contributed by atoms with Gasteiger partial charge in [-0.1, -0.05) is 17.7 Å². The van der Waals surface area contributed by atoms with Gasteiger partial charge in [0.1, 0.15) is 11.6 Å². The second-order valence-corrected chi connectivity index (χ2v) is 8.74. The summed E-state index contributed by atoms with van der Waals surface area (Å²) < 4.78 is 13.5. The molecule has 1 saturated heterocycles. The third-order valence-electron chi connectivity index (χ3n) is 6.54. The number of pyridine rings is 2. The fourth-order valence-corrected chi connectivity index (χ4v) is 5.03. The molecule has 0 spiro atoms. The van der Waals surface area contributed by atoms with Gasteiger partial charge in [-0.15, -0.1) is 0 Å². The Morgan fingerprint density at radius 3 is 2.67 bits per heavy atom. The SMILES string of the molecule is O=c1[nH]c(C2CCC(N3CCN(c4ccc(Cl)cn4)CC3)C2)cc2ccc(F)cc12. The molecule has 2 aromatic heterocycles. The van der Waals surface area contributed by atoms with Gasteiger partial charge >= 0.3 is 0 Å². The van der Waals surface area contributed by atoms with E-state index >= 15 is 0 Å². The smallest absolute Gasteiger partial charge is 0.256 e. The highest BCUT2D eigenvalue weighted by Crippen LogP contribution is 2.37. The second-order valence-electron chi connectivity index (χ2n) is 8.31. The fourth-order valence-electron chi connectivity index (χ4n) is 4.92.